The summed E-state index contributed by atoms with van der Waals surface area (Å²) in [7, 11) is 0. The van der Waals surface area contributed by atoms with Gasteiger partial charge in [-0.05, 0) is 80.1 Å². The maximum Gasteiger partial charge on any atom is 0.236 e. The Morgan fingerprint density at radius 2 is 1.80 bits per heavy atom. The van der Waals surface area contributed by atoms with E-state index in [1.165, 1.54) is 32.1 Å². The first-order chi connectivity index (χ1) is 9.67. The first kappa shape index (κ1) is 14.7. The van der Waals surface area contributed by atoms with Crippen LogP contribution in [0.15, 0.2) is 0 Å². The molecule has 0 aliphatic heterocycles. The van der Waals surface area contributed by atoms with Crippen LogP contribution in [0, 0.1) is 29.6 Å². The van der Waals surface area contributed by atoms with E-state index in [4.69, 9.17) is 5.73 Å². The Balaban J connectivity index is 1.48. The van der Waals surface area contributed by atoms with E-state index in [1.807, 2.05) is 0 Å². The minimum Gasteiger partial charge on any atom is -0.354 e. The van der Waals surface area contributed by atoms with E-state index >= 15 is 0 Å². The highest BCUT2D eigenvalue weighted by atomic mass is 32.2. The second kappa shape index (κ2) is 6.27. The van der Waals surface area contributed by atoms with Crippen LogP contribution >= 0.6 is 11.8 Å². The minimum absolute atomic E-state index is 0.0628. The van der Waals surface area contributed by atoms with E-state index in [1.54, 1.807) is 11.8 Å². The molecule has 1 amide bonds. The van der Waals surface area contributed by atoms with Crippen molar-refractivity contribution >= 4 is 17.7 Å². The molecule has 4 fully saturated rings. The quantitative estimate of drug-likeness (QED) is 0.790. The summed E-state index contributed by atoms with van der Waals surface area (Å²) in [4.78, 5) is 12.0. The summed E-state index contributed by atoms with van der Waals surface area (Å²) in [6.07, 6.45) is 10.0. The highest BCUT2D eigenvalue weighted by molar-refractivity contribution is 7.98. The highest BCUT2D eigenvalue weighted by Gasteiger charge is 2.47. The van der Waals surface area contributed by atoms with E-state index in [2.05, 4.69) is 11.6 Å². The number of hydrogen-bond acceptors (Lipinski definition) is 3. The molecule has 3 nitrogen and oxygen atoms in total. The Bertz CT molecular complexity index is 332. The molecule has 3 N–H and O–H groups in total. The van der Waals surface area contributed by atoms with Crippen LogP contribution in [0.1, 0.15) is 38.5 Å². The van der Waals surface area contributed by atoms with Gasteiger partial charge in [0.2, 0.25) is 5.91 Å². The van der Waals surface area contributed by atoms with E-state index in [0.29, 0.717) is 0 Å². The molecule has 20 heavy (non-hydrogen) atoms. The molecule has 4 bridgehead atoms. The third kappa shape index (κ3) is 3.01. The van der Waals surface area contributed by atoms with Crippen molar-refractivity contribution in [2.75, 3.05) is 18.6 Å². The lowest BCUT2D eigenvalue weighted by Gasteiger charge is -2.54. The van der Waals surface area contributed by atoms with Gasteiger partial charge in [-0.25, -0.2) is 0 Å². The Morgan fingerprint density at radius 3 is 2.35 bits per heavy atom. The fourth-order valence-corrected chi connectivity index (χ4v) is 5.59. The van der Waals surface area contributed by atoms with Gasteiger partial charge in [0.05, 0.1) is 6.04 Å². The molecule has 4 saturated carbocycles. The van der Waals surface area contributed by atoms with Gasteiger partial charge in [0.1, 0.15) is 0 Å². The number of rotatable bonds is 6. The molecule has 1 unspecified atom stereocenters. The van der Waals surface area contributed by atoms with Crippen molar-refractivity contribution in [3.05, 3.63) is 0 Å². The van der Waals surface area contributed by atoms with Crippen LogP contribution in [0.4, 0.5) is 0 Å². The zero-order chi connectivity index (χ0) is 14.1. The predicted molar refractivity (Wildman–Crippen MR) is 84.5 cm³/mol. The van der Waals surface area contributed by atoms with Gasteiger partial charge in [-0.2, -0.15) is 11.8 Å². The van der Waals surface area contributed by atoms with Crippen LogP contribution in [0.3, 0.4) is 0 Å². The summed E-state index contributed by atoms with van der Waals surface area (Å²) in [5.41, 5.74) is 5.94. The molecule has 4 heteroatoms. The van der Waals surface area contributed by atoms with Crippen molar-refractivity contribution in [2.24, 2.45) is 35.3 Å². The second-order valence-electron chi connectivity index (χ2n) is 7.23. The molecule has 1 atom stereocenters. The summed E-state index contributed by atoms with van der Waals surface area (Å²) in [6, 6.07) is -0.320. The molecule has 0 radical (unpaired) electrons. The molecule has 4 rings (SSSR count). The van der Waals surface area contributed by atoms with E-state index < -0.39 is 0 Å². The first-order valence-electron chi connectivity index (χ1n) is 8.19. The van der Waals surface area contributed by atoms with Gasteiger partial charge in [0.25, 0.3) is 0 Å². The van der Waals surface area contributed by atoms with Crippen molar-refractivity contribution < 1.29 is 4.79 Å². The van der Waals surface area contributed by atoms with Crippen molar-refractivity contribution in [2.45, 2.75) is 44.6 Å². The first-order valence-corrected chi connectivity index (χ1v) is 9.59. The largest absolute Gasteiger partial charge is 0.354 e. The van der Waals surface area contributed by atoms with Crippen molar-refractivity contribution in [3.8, 4) is 0 Å². The van der Waals surface area contributed by atoms with Gasteiger partial charge in [-0.15, -0.1) is 0 Å². The lowest BCUT2D eigenvalue weighted by molar-refractivity contribution is -0.123. The number of hydrogen-bond donors (Lipinski definition) is 2. The van der Waals surface area contributed by atoms with Crippen LogP contribution in [0.5, 0.6) is 0 Å². The van der Waals surface area contributed by atoms with E-state index in [0.717, 1.165) is 48.3 Å². The normalized spacial score (nSPS) is 39.8. The Morgan fingerprint density at radius 1 is 1.20 bits per heavy atom. The smallest absolute Gasteiger partial charge is 0.236 e. The molecule has 4 aliphatic carbocycles. The third-order valence-corrected chi connectivity index (χ3v) is 6.55. The number of nitrogens with one attached hydrogen (secondary N) is 1. The van der Waals surface area contributed by atoms with Gasteiger partial charge in [-0.1, -0.05) is 0 Å². The zero-order valence-corrected chi connectivity index (χ0v) is 13.3. The fraction of sp³-hybridized carbons (Fsp3) is 0.938. The molecule has 0 heterocycles. The Kier molecular flexibility index (Phi) is 4.61. The Hall–Kier alpha value is -0.220. The molecule has 0 aromatic heterocycles. The summed E-state index contributed by atoms with van der Waals surface area (Å²) in [6.45, 7) is 0.876. The zero-order valence-electron chi connectivity index (χ0n) is 12.5. The second-order valence-corrected chi connectivity index (χ2v) is 8.21. The molecule has 4 aliphatic rings. The van der Waals surface area contributed by atoms with Crippen LogP contribution in [0.2, 0.25) is 0 Å². The van der Waals surface area contributed by atoms with Gasteiger partial charge in [-0.3, -0.25) is 4.79 Å². The molecule has 114 valence electrons. The van der Waals surface area contributed by atoms with Gasteiger partial charge in [0, 0.05) is 6.54 Å². The highest BCUT2D eigenvalue weighted by Crippen LogP contribution is 2.56. The summed E-state index contributed by atoms with van der Waals surface area (Å²) >= 11 is 1.75. The summed E-state index contributed by atoms with van der Waals surface area (Å²) in [5.74, 6) is 5.55. The molecule has 0 spiro atoms. The van der Waals surface area contributed by atoms with E-state index in [-0.39, 0.29) is 11.9 Å². The lowest BCUT2D eigenvalue weighted by atomic mass is 9.52. The SMILES string of the molecule is CSCCC(N)C(=O)NCC1C2CC3CC(C2)CC1C3. The van der Waals surface area contributed by atoms with Crippen LogP contribution in [0.25, 0.3) is 0 Å². The Labute approximate surface area is 126 Å². The van der Waals surface area contributed by atoms with Crippen molar-refractivity contribution in [1.29, 1.82) is 0 Å². The number of thioether (sulfide) groups is 1. The number of nitrogens with two attached hydrogens (primary N) is 1. The maximum atomic E-state index is 12.0. The minimum atomic E-state index is -0.320. The molecule has 0 aromatic rings. The monoisotopic (exact) mass is 296 g/mol. The molecule has 0 aromatic carbocycles. The van der Waals surface area contributed by atoms with Crippen LogP contribution < -0.4 is 11.1 Å². The standard InChI is InChI=1S/C16H28N2OS/c1-20-3-2-15(17)16(19)18-9-14-12-5-10-4-11(7-12)8-13(14)6-10/h10-15H,2-9,17H2,1H3,(H,18,19). The number of amides is 1. The van der Waals surface area contributed by atoms with Gasteiger partial charge < -0.3 is 11.1 Å². The summed E-state index contributed by atoms with van der Waals surface area (Å²) < 4.78 is 0. The molecule has 0 saturated heterocycles. The fourth-order valence-electron chi connectivity index (χ4n) is 5.10. The number of carbonyl (C=O) groups is 1. The average Bonchev–Trinajstić information content (AvgIpc) is 2.43. The van der Waals surface area contributed by atoms with Crippen LogP contribution in [-0.2, 0) is 4.79 Å². The van der Waals surface area contributed by atoms with Gasteiger partial charge in [0.15, 0.2) is 0 Å². The van der Waals surface area contributed by atoms with Gasteiger partial charge >= 0.3 is 0 Å². The maximum absolute atomic E-state index is 12.0. The van der Waals surface area contributed by atoms with E-state index in [9.17, 15) is 4.79 Å². The predicted octanol–water partition coefficient (Wildman–Crippen LogP) is 2.26. The summed E-state index contributed by atoms with van der Waals surface area (Å²) in [5, 5.41) is 3.15. The van der Waals surface area contributed by atoms with Crippen LogP contribution in [-0.4, -0.2) is 30.5 Å². The van der Waals surface area contributed by atoms with Crippen molar-refractivity contribution in [1.82, 2.24) is 5.32 Å². The topological polar surface area (TPSA) is 55.1 Å². The lowest BCUT2D eigenvalue weighted by Crippen LogP contribution is -2.51. The number of carbonyl (C=O) groups excluding carboxylic acids is 1. The molecular weight excluding hydrogens is 268 g/mol. The third-order valence-electron chi connectivity index (χ3n) is 5.90. The van der Waals surface area contributed by atoms with Crippen molar-refractivity contribution in [3.63, 3.8) is 0 Å². The average molecular weight is 296 g/mol. The molecular formula is C16H28N2OS.